The molecule has 0 saturated carbocycles. The summed E-state index contributed by atoms with van der Waals surface area (Å²) in [7, 11) is 3.39. The molecule has 3 rings (SSSR count). The summed E-state index contributed by atoms with van der Waals surface area (Å²) < 4.78 is 10.9. The Morgan fingerprint density at radius 2 is 1.89 bits per heavy atom. The van der Waals surface area contributed by atoms with Crippen LogP contribution in [0.2, 0.25) is 0 Å². The average molecular weight is 260 g/mol. The van der Waals surface area contributed by atoms with Gasteiger partial charge in [0.25, 0.3) is 0 Å². The molecule has 0 amide bonds. The summed E-state index contributed by atoms with van der Waals surface area (Å²) in [6.07, 6.45) is 4.49. The number of methoxy groups -OCH3 is 2. The van der Waals surface area contributed by atoms with Crippen LogP contribution in [0.3, 0.4) is 0 Å². The van der Waals surface area contributed by atoms with Crippen molar-refractivity contribution < 1.29 is 9.47 Å². The number of ether oxygens (including phenoxy) is 2. The van der Waals surface area contributed by atoms with E-state index in [9.17, 15) is 0 Å². The second-order valence-electron chi connectivity index (χ2n) is 5.02. The molecule has 4 heteroatoms. The van der Waals surface area contributed by atoms with Crippen LogP contribution in [0.5, 0.6) is 11.5 Å². The van der Waals surface area contributed by atoms with E-state index in [1.54, 1.807) is 14.2 Å². The molecule has 1 aromatic heterocycles. The summed E-state index contributed by atoms with van der Waals surface area (Å²) in [6.45, 7) is 2.19. The van der Waals surface area contributed by atoms with Crippen LogP contribution in [0, 0.1) is 0 Å². The Hall–Kier alpha value is -1.68. The van der Waals surface area contributed by atoms with Gasteiger partial charge in [-0.1, -0.05) is 0 Å². The predicted octanol–water partition coefficient (Wildman–Crippen LogP) is 2.65. The quantitative estimate of drug-likeness (QED) is 0.892. The first-order valence-corrected chi connectivity index (χ1v) is 6.77. The lowest BCUT2D eigenvalue weighted by atomic mass is 9.90. The van der Waals surface area contributed by atoms with Crippen LogP contribution in [0.25, 0.3) is 10.9 Å². The number of rotatable bonds is 3. The fourth-order valence-electron chi connectivity index (χ4n) is 2.96. The average Bonchev–Trinajstić information content (AvgIpc) is 2.91. The first-order valence-electron chi connectivity index (χ1n) is 6.77. The van der Waals surface area contributed by atoms with Crippen molar-refractivity contribution >= 4 is 10.9 Å². The van der Waals surface area contributed by atoms with Gasteiger partial charge in [-0.05, 0) is 37.4 Å². The monoisotopic (exact) mass is 260 g/mol. The molecule has 1 fully saturated rings. The zero-order chi connectivity index (χ0) is 13.2. The molecular formula is C15H20N2O2. The number of aromatic nitrogens is 1. The Kier molecular flexibility index (Phi) is 3.34. The molecule has 4 nitrogen and oxygen atoms in total. The van der Waals surface area contributed by atoms with Crippen LogP contribution < -0.4 is 14.8 Å². The van der Waals surface area contributed by atoms with Crippen molar-refractivity contribution in [3.63, 3.8) is 0 Å². The van der Waals surface area contributed by atoms with Crippen molar-refractivity contribution in [1.82, 2.24) is 10.3 Å². The number of nitrogens with one attached hydrogen (secondary N) is 2. The summed E-state index contributed by atoms with van der Waals surface area (Å²) in [4.78, 5) is 3.35. The van der Waals surface area contributed by atoms with Crippen molar-refractivity contribution in [3.05, 3.63) is 23.9 Å². The van der Waals surface area contributed by atoms with E-state index in [2.05, 4.69) is 16.5 Å². The lowest BCUT2D eigenvalue weighted by Gasteiger charge is -2.22. The Morgan fingerprint density at radius 3 is 2.58 bits per heavy atom. The predicted molar refractivity (Wildman–Crippen MR) is 76.2 cm³/mol. The molecule has 102 valence electrons. The van der Waals surface area contributed by atoms with E-state index in [1.165, 1.54) is 23.8 Å². The standard InChI is InChI=1S/C15H20N2O2/c1-18-11-7-13-15(14(8-11)19-2)12(9-17-13)10-3-5-16-6-4-10/h7-10,16-17H,3-6H2,1-2H3. The number of piperidine rings is 1. The lowest BCUT2D eigenvalue weighted by molar-refractivity contribution is 0.397. The fraction of sp³-hybridized carbons (Fsp3) is 0.467. The van der Waals surface area contributed by atoms with Gasteiger partial charge in [-0.25, -0.2) is 0 Å². The van der Waals surface area contributed by atoms with Crippen LogP contribution in [0.4, 0.5) is 0 Å². The normalized spacial score (nSPS) is 16.7. The minimum atomic E-state index is 0.609. The van der Waals surface area contributed by atoms with Gasteiger partial charge in [0.05, 0.1) is 19.7 Å². The van der Waals surface area contributed by atoms with Gasteiger partial charge in [-0.15, -0.1) is 0 Å². The van der Waals surface area contributed by atoms with E-state index in [0.717, 1.165) is 30.1 Å². The number of benzene rings is 1. The Labute approximate surface area is 113 Å². The first kappa shape index (κ1) is 12.4. The number of hydrogen-bond donors (Lipinski definition) is 2. The van der Waals surface area contributed by atoms with Crippen molar-refractivity contribution in [3.8, 4) is 11.5 Å². The summed E-state index contributed by atoms with van der Waals surface area (Å²) in [5.74, 6) is 2.32. The largest absolute Gasteiger partial charge is 0.497 e. The molecule has 2 aromatic rings. The van der Waals surface area contributed by atoms with Gasteiger partial charge in [0.15, 0.2) is 0 Å². The molecule has 19 heavy (non-hydrogen) atoms. The van der Waals surface area contributed by atoms with E-state index >= 15 is 0 Å². The van der Waals surface area contributed by atoms with Crippen LogP contribution in [0.1, 0.15) is 24.3 Å². The maximum Gasteiger partial charge on any atom is 0.132 e. The van der Waals surface area contributed by atoms with Crippen molar-refractivity contribution in [1.29, 1.82) is 0 Å². The van der Waals surface area contributed by atoms with Crippen LogP contribution >= 0.6 is 0 Å². The summed E-state index contributed by atoms with van der Waals surface area (Å²) in [6, 6.07) is 3.99. The highest BCUT2D eigenvalue weighted by Gasteiger charge is 2.21. The molecule has 2 heterocycles. The van der Waals surface area contributed by atoms with Gasteiger partial charge in [-0.3, -0.25) is 0 Å². The number of aromatic amines is 1. The zero-order valence-corrected chi connectivity index (χ0v) is 11.5. The van der Waals surface area contributed by atoms with Crippen molar-refractivity contribution in [2.45, 2.75) is 18.8 Å². The summed E-state index contributed by atoms with van der Waals surface area (Å²) >= 11 is 0. The van der Waals surface area contributed by atoms with Crippen molar-refractivity contribution in [2.75, 3.05) is 27.3 Å². The van der Waals surface area contributed by atoms with Gasteiger partial charge in [0.2, 0.25) is 0 Å². The first-order chi connectivity index (χ1) is 9.33. The fourth-order valence-corrected chi connectivity index (χ4v) is 2.96. The SMILES string of the molecule is COc1cc(OC)c2c(C3CCNCC3)c[nH]c2c1. The van der Waals surface area contributed by atoms with Crippen LogP contribution in [0.15, 0.2) is 18.3 Å². The maximum absolute atomic E-state index is 5.54. The molecule has 0 spiro atoms. The van der Waals surface area contributed by atoms with Crippen LogP contribution in [-0.2, 0) is 0 Å². The molecule has 1 aliphatic heterocycles. The number of H-pyrrole nitrogens is 1. The minimum absolute atomic E-state index is 0.609. The van der Waals surface area contributed by atoms with Gasteiger partial charge in [-0.2, -0.15) is 0 Å². The van der Waals surface area contributed by atoms with Gasteiger partial charge < -0.3 is 19.8 Å². The molecule has 0 bridgehead atoms. The van der Waals surface area contributed by atoms with Crippen molar-refractivity contribution in [2.24, 2.45) is 0 Å². The molecular weight excluding hydrogens is 240 g/mol. The third kappa shape index (κ3) is 2.16. The van der Waals surface area contributed by atoms with Gasteiger partial charge in [0.1, 0.15) is 11.5 Å². The van der Waals surface area contributed by atoms with E-state index in [0.29, 0.717) is 5.92 Å². The van der Waals surface area contributed by atoms with E-state index in [1.807, 2.05) is 12.1 Å². The van der Waals surface area contributed by atoms with E-state index in [4.69, 9.17) is 9.47 Å². The molecule has 0 aliphatic carbocycles. The molecule has 0 radical (unpaired) electrons. The smallest absolute Gasteiger partial charge is 0.132 e. The van der Waals surface area contributed by atoms with E-state index in [-0.39, 0.29) is 0 Å². The molecule has 1 aromatic carbocycles. The Balaban J connectivity index is 2.10. The zero-order valence-electron chi connectivity index (χ0n) is 11.5. The van der Waals surface area contributed by atoms with Gasteiger partial charge >= 0.3 is 0 Å². The summed E-state index contributed by atoms with van der Waals surface area (Å²) in [5.41, 5.74) is 2.46. The second kappa shape index (κ2) is 5.13. The highest BCUT2D eigenvalue weighted by Crippen LogP contribution is 2.38. The second-order valence-corrected chi connectivity index (χ2v) is 5.02. The highest BCUT2D eigenvalue weighted by molar-refractivity contribution is 5.91. The molecule has 0 unspecified atom stereocenters. The molecule has 1 saturated heterocycles. The minimum Gasteiger partial charge on any atom is -0.497 e. The molecule has 0 atom stereocenters. The lowest BCUT2D eigenvalue weighted by Crippen LogP contribution is -2.26. The number of fused-ring (bicyclic) bond motifs is 1. The number of hydrogen-bond acceptors (Lipinski definition) is 3. The molecule has 2 N–H and O–H groups in total. The third-order valence-corrected chi connectivity index (χ3v) is 3.98. The third-order valence-electron chi connectivity index (χ3n) is 3.98. The Bertz CT molecular complexity index is 571. The Morgan fingerprint density at radius 1 is 1.11 bits per heavy atom. The maximum atomic E-state index is 5.54. The van der Waals surface area contributed by atoms with E-state index < -0.39 is 0 Å². The highest BCUT2D eigenvalue weighted by atomic mass is 16.5. The summed E-state index contributed by atoms with van der Waals surface area (Å²) in [5, 5.41) is 4.61. The molecule has 1 aliphatic rings. The topological polar surface area (TPSA) is 46.3 Å². The van der Waals surface area contributed by atoms with Crippen LogP contribution in [-0.4, -0.2) is 32.3 Å². The van der Waals surface area contributed by atoms with Gasteiger partial charge in [0, 0.05) is 23.7 Å².